The van der Waals surface area contributed by atoms with E-state index < -0.39 is 0 Å². The number of hydrogen-bond donors (Lipinski definition) is 0. The Kier molecular flexibility index (Phi) is 4.06. The minimum atomic E-state index is 0.168. The number of aromatic nitrogens is 3. The average Bonchev–Trinajstić information content (AvgIpc) is 3.30. The Morgan fingerprint density at radius 3 is 2.62 bits per heavy atom. The van der Waals surface area contributed by atoms with Crippen LogP contribution in [0.25, 0.3) is 0 Å². The summed E-state index contributed by atoms with van der Waals surface area (Å²) in [6, 6.07) is 4.11. The summed E-state index contributed by atoms with van der Waals surface area (Å²) in [6.07, 6.45) is 8.57. The van der Waals surface area contributed by atoms with E-state index in [-0.39, 0.29) is 5.92 Å². The normalized spacial score (nSPS) is 24.1. The van der Waals surface area contributed by atoms with Gasteiger partial charge in [0.05, 0.1) is 6.20 Å². The Morgan fingerprint density at radius 1 is 1.21 bits per heavy atom. The molecule has 0 N–H and O–H groups in total. The molecule has 2 aliphatic rings. The van der Waals surface area contributed by atoms with Gasteiger partial charge in [0, 0.05) is 64.3 Å². The average molecular weight is 325 g/mol. The number of amides is 1. The van der Waals surface area contributed by atoms with E-state index in [2.05, 4.69) is 27.1 Å². The van der Waals surface area contributed by atoms with Crippen molar-refractivity contribution in [3.8, 4) is 0 Å². The van der Waals surface area contributed by atoms with Crippen molar-refractivity contribution >= 4 is 5.91 Å². The Morgan fingerprint density at radius 2 is 1.96 bits per heavy atom. The van der Waals surface area contributed by atoms with E-state index in [0.717, 1.165) is 39.1 Å². The van der Waals surface area contributed by atoms with Crippen LogP contribution in [-0.4, -0.2) is 56.7 Å². The number of hydrogen-bond acceptors (Lipinski definition) is 4. The first kappa shape index (κ1) is 15.3. The Hall–Kier alpha value is -2.21. The third kappa shape index (κ3) is 3.19. The van der Waals surface area contributed by atoms with Gasteiger partial charge >= 0.3 is 0 Å². The van der Waals surface area contributed by atoms with Crippen LogP contribution < -0.4 is 0 Å². The third-order valence-corrected chi connectivity index (χ3v) is 5.10. The number of nitrogens with zero attached hydrogens (tertiary/aromatic N) is 5. The molecule has 6 heteroatoms. The molecule has 2 aromatic heterocycles. The molecule has 2 atom stereocenters. The zero-order chi connectivity index (χ0) is 16.5. The van der Waals surface area contributed by atoms with Gasteiger partial charge in [-0.3, -0.25) is 19.4 Å². The van der Waals surface area contributed by atoms with E-state index in [1.165, 1.54) is 11.1 Å². The molecule has 0 spiro atoms. The molecule has 1 aliphatic heterocycles. The van der Waals surface area contributed by atoms with Crippen LogP contribution in [0.1, 0.15) is 23.5 Å². The van der Waals surface area contributed by atoms with Crippen LogP contribution in [0.15, 0.2) is 36.9 Å². The van der Waals surface area contributed by atoms with Gasteiger partial charge in [0.1, 0.15) is 0 Å². The molecule has 4 rings (SSSR count). The molecule has 126 valence electrons. The summed E-state index contributed by atoms with van der Waals surface area (Å²) in [5.41, 5.74) is 2.48. The fraction of sp³-hybridized carbons (Fsp3) is 0.500. The zero-order valence-corrected chi connectivity index (χ0v) is 14.0. The Bertz CT molecular complexity index is 705. The van der Waals surface area contributed by atoms with Crippen molar-refractivity contribution in [1.82, 2.24) is 24.6 Å². The van der Waals surface area contributed by atoms with Gasteiger partial charge < -0.3 is 4.90 Å². The van der Waals surface area contributed by atoms with Crippen molar-refractivity contribution in [1.29, 1.82) is 0 Å². The smallest absolute Gasteiger partial charge is 0.226 e. The van der Waals surface area contributed by atoms with E-state index in [1.807, 2.05) is 41.4 Å². The van der Waals surface area contributed by atoms with Crippen LogP contribution in [0.3, 0.4) is 0 Å². The first-order chi connectivity index (χ1) is 11.7. The Balaban J connectivity index is 1.28. The van der Waals surface area contributed by atoms with Crippen molar-refractivity contribution < 1.29 is 4.79 Å². The quantitative estimate of drug-likeness (QED) is 0.849. The van der Waals surface area contributed by atoms with Crippen LogP contribution in [0.2, 0.25) is 0 Å². The minimum Gasteiger partial charge on any atom is -0.340 e. The number of aryl methyl sites for hydroxylation is 1. The second kappa shape index (κ2) is 6.36. The van der Waals surface area contributed by atoms with Crippen LogP contribution >= 0.6 is 0 Å². The lowest BCUT2D eigenvalue weighted by Crippen LogP contribution is -2.48. The molecule has 6 nitrogen and oxygen atoms in total. The lowest BCUT2D eigenvalue weighted by Gasteiger charge is -2.35. The SMILES string of the molecule is Cn1cc([C@@H]2C[C@H]2C(=O)N2CCN(Cc3ccncc3)CC2)cn1. The lowest BCUT2D eigenvalue weighted by molar-refractivity contribution is -0.134. The number of carbonyl (C=O) groups excluding carboxylic acids is 1. The van der Waals surface area contributed by atoms with Crippen LogP contribution in [-0.2, 0) is 18.4 Å². The van der Waals surface area contributed by atoms with Gasteiger partial charge in [0.2, 0.25) is 5.91 Å². The number of pyridine rings is 1. The summed E-state index contributed by atoms with van der Waals surface area (Å²) in [6.45, 7) is 4.49. The molecular formula is C18H23N5O. The van der Waals surface area contributed by atoms with Gasteiger partial charge in [-0.25, -0.2) is 0 Å². The van der Waals surface area contributed by atoms with Crippen LogP contribution in [0, 0.1) is 5.92 Å². The standard InChI is InChI=1S/C18H23N5O/c1-21-13-15(11-20-21)16-10-17(16)18(24)23-8-6-22(7-9-23)12-14-2-4-19-5-3-14/h2-5,11,13,16-17H,6-10,12H2,1H3/t16-,17+/m0/s1. The molecule has 1 saturated heterocycles. The van der Waals surface area contributed by atoms with Crippen molar-refractivity contribution in [2.24, 2.45) is 13.0 Å². The predicted octanol–water partition coefficient (Wildman–Crippen LogP) is 1.26. The van der Waals surface area contributed by atoms with Gasteiger partial charge in [-0.15, -0.1) is 0 Å². The molecule has 1 aliphatic carbocycles. The number of rotatable bonds is 4. The van der Waals surface area contributed by atoms with Crippen molar-refractivity contribution in [2.45, 2.75) is 18.9 Å². The fourth-order valence-corrected chi connectivity index (χ4v) is 3.58. The largest absolute Gasteiger partial charge is 0.340 e. The van der Waals surface area contributed by atoms with Crippen molar-refractivity contribution in [2.75, 3.05) is 26.2 Å². The fourth-order valence-electron chi connectivity index (χ4n) is 3.58. The van der Waals surface area contributed by atoms with Gasteiger partial charge in [-0.2, -0.15) is 5.10 Å². The molecule has 1 saturated carbocycles. The zero-order valence-electron chi connectivity index (χ0n) is 14.0. The highest BCUT2D eigenvalue weighted by Crippen LogP contribution is 2.48. The molecule has 0 bridgehead atoms. The topological polar surface area (TPSA) is 54.3 Å². The van der Waals surface area contributed by atoms with Crippen molar-refractivity contribution in [3.05, 3.63) is 48.0 Å². The second-order valence-corrected chi connectivity index (χ2v) is 6.85. The highest BCUT2D eigenvalue weighted by Gasteiger charge is 2.46. The number of carbonyl (C=O) groups is 1. The summed E-state index contributed by atoms with van der Waals surface area (Å²) < 4.78 is 1.81. The molecule has 0 aromatic carbocycles. The van der Waals surface area contributed by atoms with Gasteiger partial charge in [-0.05, 0) is 35.6 Å². The summed E-state index contributed by atoms with van der Waals surface area (Å²) in [7, 11) is 1.92. The molecule has 2 aromatic rings. The van der Waals surface area contributed by atoms with Gasteiger partial charge in [0.25, 0.3) is 0 Å². The maximum Gasteiger partial charge on any atom is 0.226 e. The van der Waals surface area contributed by atoms with E-state index in [1.54, 1.807) is 0 Å². The molecule has 24 heavy (non-hydrogen) atoms. The highest BCUT2D eigenvalue weighted by atomic mass is 16.2. The molecule has 2 fully saturated rings. The van der Waals surface area contributed by atoms with Crippen LogP contribution in [0.4, 0.5) is 0 Å². The summed E-state index contributed by atoms with van der Waals surface area (Å²) in [5.74, 6) is 0.870. The van der Waals surface area contributed by atoms with E-state index in [4.69, 9.17) is 0 Å². The molecule has 0 radical (unpaired) electrons. The first-order valence-corrected chi connectivity index (χ1v) is 8.59. The Labute approximate surface area is 142 Å². The number of piperazine rings is 1. The highest BCUT2D eigenvalue weighted by molar-refractivity contribution is 5.83. The van der Waals surface area contributed by atoms with E-state index in [0.29, 0.717) is 11.8 Å². The summed E-state index contributed by atoms with van der Waals surface area (Å²) in [5, 5.41) is 4.21. The lowest BCUT2D eigenvalue weighted by atomic mass is 10.1. The van der Waals surface area contributed by atoms with Gasteiger partial charge in [-0.1, -0.05) is 0 Å². The predicted molar refractivity (Wildman–Crippen MR) is 90.2 cm³/mol. The molecule has 3 heterocycles. The summed E-state index contributed by atoms with van der Waals surface area (Å²) in [4.78, 5) is 21.2. The molecular weight excluding hydrogens is 302 g/mol. The monoisotopic (exact) mass is 325 g/mol. The van der Waals surface area contributed by atoms with E-state index in [9.17, 15) is 4.79 Å². The van der Waals surface area contributed by atoms with Gasteiger partial charge in [0.15, 0.2) is 0 Å². The maximum atomic E-state index is 12.7. The first-order valence-electron chi connectivity index (χ1n) is 8.59. The van der Waals surface area contributed by atoms with Crippen LogP contribution in [0.5, 0.6) is 0 Å². The molecule has 1 amide bonds. The molecule has 0 unspecified atom stereocenters. The minimum absolute atomic E-state index is 0.168. The summed E-state index contributed by atoms with van der Waals surface area (Å²) >= 11 is 0. The van der Waals surface area contributed by atoms with Crippen molar-refractivity contribution in [3.63, 3.8) is 0 Å². The second-order valence-electron chi connectivity index (χ2n) is 6.85. The third-order valence-electron chi connectivity index (χ3n) is 5.10. The van der Waals surface area contributed by atoms with E-state index >= 15 is 0 Å². The maximum absolute atomic E-state index is 12.7.